The van der Waals surface area contributed by atoms with Crippen LogP contribution in [0.2, 0.25) is 0 Å². The van der Waals surface area contributed by atoms with E-state index in [0.29, 0.717) is 12.6 Å². The van der Waals surface area contributed by atoms with Gasteiger partial charge >= 0.3 is 0 Å². The zero-order chi connectivity index (χ0) is 13.4. The monoisotopic (exact) mass is 293 g/mol. The van der Waals surface area contributed by atoms with Crippen LogP contribution in [0.25, 0.3) is 0 Å². The number of hydrogen-bond donors (Lipinski definition) is 1. The molecule has 1 aliphatic heterocycles. The average molecular weight is 294 g/mol. The molecule has 0 aromatic heterocycles. The molecule has 0 aromatic rings. The van der Waals surface area contributed by atoms with Gasteiger partial charge in [0.05, 0.1) is 13.2 Å². The molecule has 0 aliphatic carbocycles. The number of nitrogens with one attached hydrogen (secondary N) is 1. The molecule has 1 atom stereocenters. The fraction of sp³-hybridized carbons (Fsp3) is 0.923. The molecule has 0 radical (unpaired) electrons. The van der Waals surface area contributed by atoms with E-state index < -0.39 is 0 Å². The molecule has 1 aliphatic rings. The molecule has 5 nitrogen and oxygen atoms in total. The Hall–Kier alpha value is -0.360. The summed E-state index contributed by atoms with van der Waals surface area (Å²) < 4.78 is 5.41. The van der Waals surface area contributed by atoms with Gasteiger partial charge in [0.2, 0.25) is 5.91 Å². The molecule has 1 heterocycles. The molecule has 6 heteroatoms. The Morgan fingerprint density at radius 2 is 2.11 bits per heavy atom. The summed E-state index contributed by atoms with van der Waals surface area (Å²) >= 11 is 0. The summed E-state index contributed by atoms with van der Waals surface area (Å²) in [6, 6.07) is 0.472. The SMILES string of the molecule is CCOCCN1CCN(C(=O)CNC)CC1CC.Cl. The number of ether oxygens (including phenoxy) is 1. The van der Waals surface area contributed by atoms with Crippen LogP contribution >= 0.6 is 12.4 Å². The molecule has 0 aromatic carbocycles. The molecular weight excluding hydrogens is 266 g/mol. The van der Waals surface area contributed by atoms with Gasteiger partial charge in [0, 0.05) is 38.8 Å². The lowest BCUT2D eigenvalue weighted by molar-refractivity contribution is -0.133. The molecule has 0 spiro atoms. The maximum Gasteiger partial charge on any atom is 0.236 e. The maximum atomic E-state index is 11.8. The normalized spacial score (nSPS) is 20.2. The minimum Gasteiger partial charge on any atom is -0.380 e. The van der Waals surface area contributed by atoms with Crippen molar-refractivity contribution >= 4 is 18.3 Å². The van der Waals surface area contributed by atoms with Crippen molar-refractivity contribution in [1.29, 1.82) is 0 Å². The first-order valence-electron chi connectivity index (χ1n) is 6.97. The predicted molar refractivity (Wildman–Crippen MR) is 79.9 cm³/mol. The number of likely N-dealkylation sites (N-methyl/N-ethyl adjacent to an activating group) is 1. The molecule has 0 saturated carbocycles. The third-order valence-corrected chi connectivity index (χ3v) is 3.48. The van der Waals surface area contributed by atoms with Gasteiger partial charge in [-0.05, 0) is 20.4 Å². The Morgan fingerprint density at radius 3 is 2.68 bits per heavy atom. The zero-order valence-electron chi connectivity index (χ0n) is 12.4. The maximum absolute atomic E-state index is 11.8. The molecule has 1 unspecified atom stereocenters. The van der Waals surface area contributed by atoms with Crippen molar-refractivity contribution in [1.82, 2.24) is 15.1 Å². The summed E-state index contributed by atoms with van der Waals surface area (Å²) in [5.41, 5.74) is 0. The van der Waals surface area contributed by atoms with E-state index in [1.807, 2.05) is 18.9 Å². The van der Waals surface area contributed by atoms with E-state index in [-0.39, 0.29) is 18.3 Å². The summed E-state index contributed by atoms with van der Waals surface area (Å²) in [4.78, 5) is 16.3. The van der Waals surface area contributed by atoms with Crippen molar-refractivity contribution in [3.05, 3.63) is 0 Å². The lowest BCUT2D eigenvalue weighted by Gasteiger charge is -2.41. The van der Waals surface area contributed by atoms with E-state index in [2.05, 4.69) is 17.1 Å². The zero-order valence-corrected chi connectivity index (χ0v) is 13.2. The Balaban J connectivity index is 0.00000324. The van der Waals surface area contributed by atoms with Gasteiger partial charge in [-0.1, -0.05) is 6.92 Å². The Morgan fingerprint density at radius 1 is 1.37 bits per heavy atom. The van der Waals surface area contributed by atoms with E-state index in [1.165, 1.54) is 0 Å². The summed E-state index contributed by atoms with van der Waals surface area (Å²) in [5, 5.41) is 2.93. The second kappa shape index (κ2) is 10.4. The van der Waals surface area contributed by atoms with Crippen LogP contribution in [0.15, 0.2) is 0 Å². The van der Waals surface area contributed by atoms with Crippen molar-refractivity contribution in [3.63, 3.8) is 0 Å². The van der Waals surface area contributed by atoms with Crippen LogP contribution in [-0.2, 0) is 9.53 Å². The summed E-state index contributed by atoms with van der Waals surface area (Å²) in [7, 11) is 1.81. The standard InChI is InChI=1S/C13H27N3O2.ClH/c1-4-12-11-16(13(17)10-14-3)7-6-15(12)8-9-18-5-2;/h12,14H,4-11H2,1-3H3;1H. The first-order chi connectivity index (χ1) is 8.72. The Labute approximate surface area is 123 Å². The van der Waals surface area contributed by atoms with E-state index in [4.69, 9.17) is 4.74 Å². The van der Waals surface area contributed by atoms with Crippen LogP contribution in [0.5, 0.6) is 0 Å². The Bertz CT molecular complexity index is 254. The molecule has 1 N–H and O–H groups in total. The van der Waals surface area contributed by atoms with E-state index in [0.717, 1.165) is 45.8 Å². The lowest BCUT2D eigenvalue weighted by atomic mass is 10.1. The van der Waals surface area contributed by atoms with Crippen LogP contribution in [0.1, 0.15) is 20.3 Å². The fourth-order valence-electron chi connectivity index (χ4n) is 2.39. The van der Waals surface area contributed by atoms with Gasteiger partial charge in [-0.2, -0.15) is 0 Å². The van der Waals surface area contributed by atoms with Crippen LogP contribution in [-0.4, -0.2) is 74.7 Å². The summed E-state index contributed by atoms with van der Waals surface area (Å²) in [6.07, 6.45) is 1.08. The van der Waals surface area contributed by atoms with Gasteiger partial charge in [-0.15, -0.1) is 12.4 Å². The number of nitrogens with zero attached hydrogens (tertiary/aromatic N) is 2. The number of carbonyl (C=O) groups is 1. The quantitative estimate of drug-likeness (QED) is 0.698. The second-order valence-electron chi connectivity index (χ2n) is 4.67. The first-order valence-corrected chi connectivity index (χ1v) is 6.97. The molecule has 1 rings (SSSR count). The molecule has 1 fully saturated rings. The highest BCUT2D eigenvalue weighted by atomic mass is 35.5. The molecule has 0 bridgehead atoms. The smallest absolute Gasteiger partial charge is 0.236 e. The van der Waals surface area contributed by atoms with E-state index in [9.17, 15) is 4.79 Å². The second-order valence-corrected chi connectivity index (χ2v) is 4.67. The predicted octanol–water partition coefficient (Wildman–Crippen LogP) is 0.587. The first kappa shape index (κ1) is 18.6. The highest BCUT2D eigenvalue weighted by Gasteiger charge is 2.27. The minimum absolute atomic E-state index is 0. The molecule has 19 heavy (non-hydrogen) atoms. The topological polar surface area (TPSA) is 44.8 Å². The van der Waals surface area contributed by atoms with E-state index >= 15 is 0 Å². The van der Waals surface area contributed by atoms with Crippen LogP contribution in [0, 0.1) is 0 Å². The number of rotatable bonds is 7. The van der Waals surface area contributed by atoms with Gasteiger partial charge in [0.1, 0.15) is 0 Å². The third kappa shape index (κ3) is 6.08. The Kier molecular flexibility index (Phi) is 10.2. The number of piperazine rings is 1. The van der Waals surface area contributed by atoms with Crippen LogP contribution in [0.3, 0.4) is 0 Å². The van der Waals surface area contributed by atoms with Crippen LogP contribution in [0.4, 0.5) is 0 Å². The van der Waals surface area contributed by atoms with Crippen molar-refractivity contribution in [2.24, 2.45) is 0 Å². The van der Waals surface area contributed by atoms with Gasteiger partial charge in [-0.3, -0.25) is 9.69 Å². The van der Waals surface area contributed by atoms with Crippen molar-refractivity contribution in [2.45, 2.75) is 26.3 Å². The van der Waals surface area contributed by atoms with Gasteiger partial charge in [0.25, 0.3) is 0 Å². The van der Waals surface area contributed by atoms with Gasteiger partial charge in [0.15, 0.2) is 0 Å². The highest BCUT2D eigenvalue weighted by molar-refractivity contribution is 5.85. The van der Waals surface area contributed by atoms with Gasteiger partial charge < -0.3 is 15.0 Å². The molecular formula is C13H28ClN3O2. The van der Waals surface area contributed by atoms with Crippen molar-refractivity contribution in [3.8, 4) is 0 Å². The largest absolute Gasteiger partial charge is 0.380 e. The average Bonchev–Trinajstić information content (AvgIpc) is 2.39. The number of hydrogen-bond acceptors (Lipinski definition) is 4. The number of amides is 1. The lowest BCUT2D eigenvalue weighted by Crippen LogP contribution is -2.56. The van der Waals surface area contributed by atoms with Crippen molar-refractivity contribution < 1.29 is 9.53 Å². The molecule has 114 valence electrons. The number of halogens is 1. The highest BCUT2D eigenvalue weighted by Crippen LogP contribution is 2.12. The third-order valence-electron chi connectivity index (χ3n) is 3.48. The molecule has 1 amide bonds. The van der Waals surface area contributed by atoms with Crippen molar-refractivity contribution in [2.75, 3.05) is 53.0 Å². The minimum atomic E-state index is 0. The summed E-state index contributed by atoms with van der Waals surface area (Å²) in [6.45, 7) is 9.83. The molecule has 1 saturated heterocycles. The number of carbonyl (C=O) groups excluding carboxylic acids is 1. The summed E-state index contributed by atoms with van der Waals surface area (Å²) in [5.74, 6) is 0.209. The fourth-order valence-corrected chi connectivity index (χ4v) is 2.39. The van der Waals surface area contributed by atoms with Crippen LogP contribution < -0.4 is 5.32 Å². The van der Waals surface area contributed by atoms with E-state index in [1.54, 1.807) is 0 Å². The van der Waals surface area contributed by atoms with Gasteiger partial charge in [-0.25, -0.2) is 0 Å².